The smallest absolute Gasteiger partial charge is 0.140 e. The van der Waals surface area contributed by atoms with Crippen molar-refractivity contribution in [3.63, 3.8) is 0 Å². The molecule has 2 aromatic heterocycles. The molecule has 5 heteroatoms. The maximum Gasteiger partial charge on any atom is 0.140 e. The molecule has 0 spiro atoms. The summed E-state index contributed by atoms with van der Waals surface area (Å²) in [6.07, 6.45) is 6.61. The van der Waals surface area contributed by atoms with Crippen molar-refractivity contribution in [2.24, 2.45) is 0 Å². The van der Waals surface area contributed by atoms with Crippen LogP contribution in [0, 0.1) is 0 Å². The summed E-state index contributed by atoms with van der Waals surface area (Å²) in [5.74, 6) is 1.15. The molecule has 2 aliphatic heterocycles. The summed E-state index contributed by atoms with van der Waals surface area (Å²) in [6.45, 7) is 3.49. The van der Waals surface area contributed by atoms with Gasteiger partial charge in [-0.05, 0) is 51.9 Å². The number of nitrogens with zero attached hydrogens (tertiary/aromatic N) is 4. The Morgan fingerprint density at radius 2 is 2.10 bits per heavy atom. The lowest BCUT2D eigenvalue weighted by atomic mass is 10.0. The highest BCUT2D eigenvalue weighted by Crippen LogP contribution is 2.33. The molecular formula is C15H21N5. The van der Waals surface area contributed by atoms with Gasteiger partial charge in [-0.2, -0.15) is 5.10 Å². The van der Waals surface area contributed by atoms with Gasteiger partial charge in [0, 0.05) is 18.8 Å². The van der Waals surface area contributed by atoms with Crippen LogP contribution in [0.2, 0.25) is 0 Å². The second-order valence-electron chi connectivity index (χ2n) is 6.06. The van der Waals surface area contributed by atoms with E-state index in [1.54, 1.807) is 0 Å². The lowest BCUT2D eigenvalue weighted by Crippen LogP contribution is -2.44. The van der Waals surface area contributed by atoms with Crippen LogP contribution in [0.25, 0.3) is 10.9 Å². The number of aromatic nitrogens is 3. The molecule has 0 atom stereocenters. The van der Waals surface area contributed by atoms with Gasteiger partial charge in [0.25, 0.3) is 0 Å². The van der Waals surface area contributed by atoms with E-state index < -0.39 is 0 Å². The Hall–Kier alpha value is -1.62. The van der Waals surface area contributed by atoms with Crippen molar-refractivity contribution < 1.29 is 0 Å². The fraction of sp³-hybridized carbons (Fsp3) is 0.600. The van der Waals surface area contributed by atoms with Gasteiger partial charge in [-0.1, -0.05) is 0 Å². The number of hydrogen-bond acceptors (Lipinski definition) is 4. The highest BCUT2D eigenvalue weighted by Gasteiger charge is 2.28. The van der Waals surface area contributed by atoms with E-state index in [-0.39, 0.29) is 0 Å². The third-order valence-corrected chi connectivity index (χ3v) is 4.74. The molecule has 2 aliphatic rings. The van der Waals surface area contributed by atoms with Gasteiger partial charge in [-0.3, -0.25) is 5.10 Å². The van der Waals surface area contributed by atoms with E-state index >= 15 is 0 Å². The molecule has 0 bridgehead atoms. The van der Waals surface area contributed by atoms with Crippen molar-refractivity contribution >= 4 is 16.7 Å². The van der Waals surface area contributed by atoms with Gasteiger partial charge < -0.3 is 9.80 Å². The van der Waals surface area contributed by atoms with Crippen LogP contribution in [-0.4, -0.2) is 52.8 Å². The lowest BCUT2D eigenvalue weighted by Gasteiger charge is -2.37. The molecule has 20 heavy (non-hydrogen) atoms. The van der Waals surface area contributed by atoms with Crippen LogP contribution in [0.4, 0.5) is 5.82 Å². The van der Waals surface area contributed by atoms with E-state index in [1.165, 1.54) is 43.4 Å². The van der Waals surface area contributed by atoms with Gasteiger partial charge in [-0.25, -0.2) is 4.98 Å². The number of piperidine rings is 1. The largest absolute Gasteiger partial charge is 0.353 e. The zero-order valence-corrected chi connectivity index (χ0v) is 12.0. The molecule has 5 nitrogen and oxygen atoms in total. The molecule has 0 amide bonds. The van der Waals surface area contributed by atoms with Crippen molar-refractivity contribution in [2.45, 2.75) is 31.7 Å². The van der Waals surface area contributed by atoms with Crippen molar-refractivity contribution in [1.82, 2.24) is 20.1 Å². The molecule has 0 saturated carbocycles. The van der Waals surface area contributed by atoms with Gasteiger partial charge >= 0.3 is 0 Å². The van der Waals surface area contributed by atoms with E-state index in [2.05, 4.69) is 27.0 Å². The second-order valence-corrected chi connectivity index (χ2v) is 6.06. The van der Waals surface area contributed by atoms with Gasteiger partial charge in [0.2, 0.25) is 0 Å². The Kier molecular flexibility index (Phi) is 2.88. The SMILES string of the molecule is CN1CCC(N2CCCc3n[nH]c4ccnc2c34)CC1. The van der Waals surface area contributed by atoms with E-state index in [1.807, 2.05) is 12.3 Å². The highest BCUT2D eigenvalue weighted by molar-refractivity contribution is 5.92. The number of hydrogen-bond donors (Lipinski definition) is 1. The zero-order valence-electron chi connectivity index (χ0n) is 12.0. The minimum absolute atomic E-state index is 0.630. The molecule has 1 saturated heterocycles. The first-order valence-electron chi connectivity index (χ1n) is 7.60. The minimum Gasteiger partial charge on any atom is -0.353 e. The van der Waals surface area contributed by atoms with E-state index in [0.29, 0.717) is 6.04 Å². The Labute approximate surface area is 119 Å². The first-order valence-corrected chi connectivity index (χ1v) is 7.60. The molecular weight excluding hydrogens is 250 g/mol. The number of nitrogens with one attached hydrogen (secondary N) is 1. The van der Waals surface area contributed by atoms with E-state index in [0.717, 1.165) is 24.3 Å². The number of aromatic amines is 1. The Balaban J connectivity index is 1.75. The highest BCUT2D eigenvalue weighted by atomic mass is 15.2. The van der Waals surface area contributed by atoms with Gasteiger partial charge in [0.15, 0.2) is 0 Å². The molecule has 2 aromatic rings. The van der Waals surface area contributed by atoms with Gasteiger partial charge in [-0.15, -0.1) is 0 Å². The van der Waals surface area contributed by atoms with Crippen LogP contribution in [0.3, 0.4) is 0 Å². The summed E-state index contributed by atoms with van der Waals surface area (Å²) in [7, 11) is 2.21. The number of anilines is 1. The molecule has 1 N–H and O–H groups in total. The van der Waals surface area contributed by atoms with Crippen LogP contribution in [0.15, 0.2) is 12.3 Å². The predicted octanol–water partition coefficient (Wildman–Crippen LogP) is 1.80. The minimum atomic E-state index is 0.630. The first-order chi connectivity index (χ1) is 9.83. The van der Waals surface area contributed by atoms with E-state index in [4.69, 9.17) is 4.98 Å². The van der Waals surface area contributed by atoms with Crippen LogP contribution in [0.1, 0.15) is 25.0 Å². The zero-order chi connectivity index (χ0) is 13.5. The lowest BCUT2D eigenvalue weighted by molar-refractivity contribution is 0.249. The number of pyridine rings is 1. The molecule has 0 aromatic carbocycles. The van der Waals surface area contributed by atoms with Crippen LogP contribution in [-0.2, 0) is 6.42 Å². The average molecular weight is 271 g/mol. The number of H-pyrrole nitrogens is 1. The maximum atomic E-state index is 4.70. The maximum absolute atomic E-state index is 4.70. The molecule has 4 rings (SSSR count). The predicted molar refractivity (Wildman–Crippen MR) is 80.1 cm³/mol. The quantitative estimate of drug-likeness (QED) is 0.859. The van der Waals surface area contributed by atoms with Crippen LogP contribution in [0.5, 0.6) is 0 Å². The fourth-order valence-electron chi connectivity index (χ4n) is 3.60. The molecule has 0 aliphatic carbocycles. The molecule has 0 unspecified atom stereocenters. The topological polar surface area (TPSA) is 48.0 Å². The van der Waals surface area contributed by atoms with Crippen LogP contribution >= 0.6 is 0 Å². The monoisotopic (exact) mass is 271 g/mol. The molecule has 0 radical (unpaired) electrons. The fourth-order valence-corrected chi connectivity index (χ4v) is 3.60. The third-order valence-electron chi connectivity index (χ3n) is 4.74. The van der Waals surface area contributed by atoms with E-state index in [9.17, 15) is 0 Å². The Morgan fingerprint density at radius 1 is 1.25 bits per heavy atom. The molecule has 1 fully saturated rings. The third kappa shape index (κ3) is 1.88. The summed E-state index contributed by atoms with van der Waals surface area (Å²) in [5, 5.41) is 8.88. The summed E-state index contributed by atoms with van der Waals surface area (Å²) in [4.78, 5) is 9.66. The van der Waals surface area contributed by atoms with Crippen molar-refractivity contribution in [3.05, 3.63) is 18.0 Å². The average Bonchev–Trinajstić information content (AvgIpc) is 2.78. The standard InChI is InChI=1S/C15H21N5/c1-19-9-5-11(6-10-19)20-8-2-3-12-14-13(18-17-12)4-7-16-15(14)20/h4,7,11H,2-3,5-6,8-10H2,1H3,(H,17,18). The van der Waals surface area contributed by atoms with Crippen LogP contribution < -0.4 is 4.90 Å². The number of aryl methyl sites for hydroxylation is 1. The van der Waals surface area contributed by atoms with Crippen molar-refractivity contribution in [1.29, 1.82) is 0 Å². The van der Waals surface area contributed by atoms with Crippen molar-refractivity contribution in [2.75, 3.05) is 31.6 Å². The molecule has 106 valence electrons. The summed E-state index contributed by atoms with van der Waals surface area (Å²) in [5.41, 5.74) is 2.32. The summed E-state index contributed by atoms with van der Waals surface area (Å²) in [6, 6.07) is 2.66. The molecule has 4 heterocycles. The van der Waals surface area contributed by atoms with Crippen molar-refractivity contribution in [3.8, 4) is 0 Å². The van der Waals surface area contributed by atoms with Gasteiger partial charge in [0.05, 0.1) is 16.6 Å². The second kappa shape index (κ2) is 4.74. The Morgan fingerprint density at radius 3 is 2.95 bits per heavy atom. The first kappa shape index (κ1) is 12.1. The number of likely N-dealkylation sites (tertiary alicyclic amines) is 1. The van der Waals surface area contributed by atoms with Gasteiger partial charge in [0.1, 0.15) is 5.82 Å². The summed E-state index contributed by atoms with van der Waals surface area (Å²) < 4.78 is 0. The Bertz CT molecular complexity index is 612. The number of rotatable bonds is 1. The summed E-state index contributed by atoms with van der Waals surface area (Å²) >= 11 is 0. The normalized spacial score (nSPS) is 21.4.